The number of anilines is 1. The Morgan fingerprint density at radius 3 is 2.52 bits per heavy atom. The molecule has 0 bridgehead atoms. The summed E-state index contributed by atoms with van der Waals surface area (Å²) in [6.07, 6.45) is 1.27. The van der Waals surface area contributed by atoms with Crippen molar-refractivity contribution in [2.45, 2.75) is 30.6 Å². The fourth-order valence-corrected chi connectivity index (χ4v) is 5.62. The van der Waals surface area contributed by atoms with E-state index in [9.17, 15) is 14.4 Å². The van der Waals surface area contributed by atoms with E-state index in [2.05, 4.69) is 20.1 Å². The molecule has 0 aliphatic carbocycles. The maximum absolute atomic E-state index is 13.0. The first-order valence-corrected chi connectivity index (χ1v) is 11.7. The van der Waals surface area contributed by atoms with Crippen LogP contribution >= 0.6 is 23.1 Å². The molecule has 31 heavy (non-hydrogen) atoms. The van der Waals surface area contributed by atoms with E-state index in [0.717, 1.165) is 13.9 Å². The molecular formula is C18H24N8O3S2. The molecule has 1 saturated heterocycles. The minimum Gasteiger partial charge on any atom is -0.369 e. The zero-order chi connectivity index (χ0) is 22.3. The normalized spacial score (nSPS) is 15.1. The van der Waals surface area contributed by atoms with Gasteiger partial charge in [-0.2, -0.15) is 4.98 Å². The van der Waals surface area contributed by atoms with Crippen LogP contribution in [0.25, 0.3) is 11.2 Å². The number of hydrogen-bond donors (Lipinski definition) is 1. The molecule has 0 saturated carbocycles. The van der Waals surface area contributed by atoms with Gasteiger partial charge in [0.25, 0.3) is 5.56 Å². The van der Waals surface area contributed by atoms with Crippen molar-refractivity contribution in [3.63, 3.8) is 0 Å². The van der Waals surface area contributed by atoms with Gasteiger partial charge >= 0.3 is 5.69 Å². The number of thioether (sulfide) groups is 1. The molecule has 166 valence electrons. The Hall–Kier alpha value is -2.67. The van der Waals surface area contributed by atoms with Gasteiger partial charge in [0.05, 0.1) is 0 Å². The third-order valence-corrected chi connectivity index (χ3v) is 7.51. The number of fused-ring (bicyclic) bond motifs is 1. The van der Waals surface area contributed by atoms with Gasteiger partial charge in [-0.3, -0.25) is 18.7 Å². The smallest absolute Gasteiger partial charge is 0.332 e. The van der Waals surface area contributed by atoms with E-state index >= 15 is 0 Å². The van der Waals surface area contributed by atoms with Gasteiger partial charge in [0.15, 0.2) is 15.5 Å². The zero-order valence-corrected chi connectivity index (χ0v) is 19.2. The number of primary amides is 1. The van der Waals surface area contributed by atoms with Gasteiger partial charge in [0.2, 0.25) is 11.9 Å². The van der Waals surface area contributed by atoms with E-state index in [1.54, 1.807) is 18.8 Å². The highest BCUT2D eigenvalue weighted by Crippen LogP contribution is 2.27. The van der Waals surface area contributed by atoms with Crippen LogP contribution in [0.1, 0.15) is 17.8 Å². The summed E-state index contributed by atoms with van der Waals surface area (Å²) >= 11 is 3.09. The van der Waals surface area contributed by atoms with Crippen molar-refractivity contribution < 1.29 is 4.79 Å². The van der Waals surface area contributed by atoms with Crippen molar-refractivity contribution in [1.82, 2.24) is 28.9 Å². The van der Waals surface area contributed by atoms with Gasteiger partial charge in [0, 0.05) is 45.4 Å². The van der Waals surface area contributed by atoms with E-state index in [-0.39, 0.29) is 17.4 Å². The molecule has 1 fully saturated rings. The second kappa shape index (κ2) is 8.46. The van der Waals surface area contributed by atoms with E-state index in [4.69, 9.17) is 5.73 Å². The van der Waals surface area contributed by atoms with Crippen LogP contribution in [0.4, 0.5) is 5.95 Å². The van der Waals surface area contributed by atoms with Crippen molar-refractivity contribution in [2.75, 3.05) is 23.7 Å². The van der Waals surface area contributed by atoms with Gasteiger partial charge in [-0.05, 0) is 19.8 Å². The molecule has 0 radical (unpaired) electrons. The lowest BCUT2D eigenvalue weighted by Crippen LogP contribution is -2.40. The van der Waals surface area contributed by atoms with Gasteiger partial charge in [-0.1, -0.05) is 23.1 Å². The molecular weight excluding hydrogens is 440 g/mol. The Bertz CT molecular complexity index is 1250. The average molecular weight is 465 g/mol. The van der Waals surface area contributed by atoms with Gasteiger partial charge in [-0.25, -0.2) is 4.79 Å². The first-order valence-electron chi connectivity index (χ1n) is 9.91. The van der Waals surface area contributed by atoms with Crippen molar-refractivity contribution in [3.05, 3.63) is 25.8 Å². The summed E-state index contributed by atoms with van der Waals surface area (Å²) in [6.45, 7) is 3.63. The predicted octanol–water partition coefficient (Wildman–Crippen LogP) is 0.0876. The van der Waals surface area contributed by atoms with Crippen LogP contribution in [0.3, 0.4) is 0 Å². The number of aryl methyl sites for hydroxylation is 3. The number of nitrogens with zero attached hydrogens (tertiary/aromatic N) is 7. The number of carbonyl (C=O) groups is 1. The Labute approximate surface area is 185 Å². The summed E-state index contributed by atoms with van der Waals surface area (Å²) in [5, 5.41) is 9.07. The first-order chi connectivity index (χ1) is 14.8. The fourth-order valence-electron chi connectivity index (χ4n) is 3.81. The quantitative estimate of drug-likeness (QED) is 0.507. The molecule has 0 atom stereocenters. The largest absolute Gasteiger partial charge is 0.369 e. The monoisotopic (exact) mass is 464 g/mol. The van der Waals surface area contributed by atoms with Crippen LogP contribution < -0.4 is 21.9 Å². The molecule has 1 aliphatic heterocycles. The fraction of sp³-hybridized carbons (Fsp3) is 0.556. The molecule has 0 spiro atoms. The molecule has 1 aliphatic rings. The Balaban J connectivity index is 1.71. The second-order valence-corrected chi connectivity index (χ2v) is 10.1. The molecule has 4 rings (SSSR count). The SMILES string of the molecule is Cc1nnc(SCCn2c(N3CCC(C(N)=O)CC3)nc3c2c(=O)n(C)c(=O)n3C)s1. The summed E-state index contributed by atoms with van der Waals surface area (Å²) < 4.78 is 5.24. The predicted molar refractivity (Wildman–Crippen MR) is 120 cm³/mol. The van der Waals surface area contributed by atoms with Crippen molar-refractivity contribution in [3.8, 4) is 0 Å². The summed E-state index contributed by atoms with van der Waals surface area (Å²) in [7, 11) is 3.08. The van der Waals surface area contributed by atoms with Crippen LogP contribution in [0, 0.1) is 12.8 Å². The third-order valence-electron chi connectivity index (χ3n) is 5.56. The lowest BCUT2D eigenvalue weighted by Gasteiger charge is -2.31. The maximum Gasteiger partial charge on any atom is 0.332 e. The number of rotatable bonds is 6. The van der Waals surface area contributed by atoms with E-state index in [1.165, 1.54) is 23.0 Å². The Morgan fingerprint density at radius 1 is 1.19 bits per heavy atom. The van der Waals surface area contributed by atoms with Crippen molar-refractivity contribution in [1.29, 1.82) is 0 Å². The molecule has 11 nitrogen and oxygen atoms in total. The number of imidazole rings is 1. The summed E-state index contributed by atoms with van der Waals surface area (Å²) in [5.41, 5.74) is 5.43. The number of hydrogen-bond acceptors (Lipinski definition) is 9. The standard InChI is InChI=1S/C18H24N8O3S2/c1-10-21-22-17(31-10)30-9-8-26-12-14(23(2)18(29)24(3)15(12)28)20-16(26)25-6-4-11(5-7-25)13(19)27/h11H,4-9H2,1-3H3,(H2,19,27). The third kappa shape index (κ3) is 3.99. The topological polar surface area (TPSA) is 134 Å². The van der Waals surface area contributed by atoms with E-state index in [0.29, 0.717) is 55.3 Å². The lowest BCUT2D eigenvalue weighted by atomic mass is 9.96. The Kier molecular flexibility index (Phi) is 5.88. The molecule has 0 aromatic carbocycles. The van der Waals surface area contributed by atoms with Crippen LogP contribution in [-0.4, -0.2) is 53.6 Å². The highest BCUT2D eigenvalue weighted by Gasteiger charge is 2.28. The molecule has 0 unspecified atom stereocenters. The second-order valence-electron chi connectivity index (χ2n) is 7.54. The van der Waals surface area contributed by atoms with Crippen LogP contribution in [0.5, 0.6) is 0 Å². The lowest BCUT2D eigenvalue weighted by molar-refractivity contribution is -0.122. The van der Waals surface area contributed by atoms with Gasteiger partial charge in [0.1, 0.15) is 5.01 Å². The van der Waals surface area contributed by atoms with Crippen molar-refractivity contribution in [2.24, 2.45) is 25.7 Å². The molecule has 1 amide bonds. The Morgan fingerprint density at radius 2 is 1.90 bits per heavy atom. The molecule has 3 aromatic rings. The van der Waals surface area contributed by atoms with Crippen LogP contribution in [0.15, 0.2) is 13.9 Å². The summed E-state index contributed by atoms with van der Waals surface area (Å²) in [6, 6.07) is 0. The zero-order valence-electron chi connectivity index (χ0n) is 17.6. The first kappa shape index (κ1) is 21.6. The highest BCUT2D eigenvalue weighted by atomic mass is 32.2. The summed E-state index contributed by atoms with van der Waals surface area (Å²) in [4.78, 5) is 43.7. The van der Waals surface area contributed by atoms with Crippen LogP contribution in [0.2, 0.25) is 0 Å². The van der Waals surface area contributed by atoms with Crippen LogP contribution in [-0.2, 0) is 25.4 Å². The molecule has 4 heterocycles. The summed E-state index contributed by atoms with van der Waals surface area (Å²) in [5.74, 6) is 0.859. The highest BCUT2D eigenvalue weighted by molar-refractivity contribution is 8.01. The minimum atomic E-state index is -0.417. The molecule has 3 aromatic heterocycles. The van der Waals surface area contributed by atoms with E-state index < -0.39 is 5.69 Å². The number of aromatic nitrogens is 6. The number of nitrogens with two attached hydrogens (primary N) is 1. The van der Waals surface area contributed by atoms with Crippen molar-refractivity contribution >= 4 is 46.1 Å². The maximum atomic E-state index is 13.0. The number of amides is 1. The molecule has 13 heteroatoms. The van der Waals surface area contributed by atoms with Gasteiger partial charge in [-0.15, -0.1) is 10.2 Å². The molecule has 2 N–H and O–H groups in total. The average Bonchev–Trinajstić information content (AvgIpc) is 3.34. The number of carbonyl (C=O) groups excluding carboxylic acids is 1. The van der Waals surface area contributed by atoms with E-state index in [1.807, 2.05) is 11.5 Å². The minimum absolute atomic E-state index is 0.150. The van der Waals surface area contributed by atoms with Gasteiger partial charge < -0.3 is 15.2 Å². The number of piperidine rings is 1.